The summed E-state index contributed by atoms with van der Waals surface area (Å²) in [5.74, 6) is 0.567. The molecule has 1 aromatic carbocycles. The normalized spacial score (nSPS) is 12.1. The fourth-order valence-corrected chi connectivity index (χ4v) is 1.95. The summed E-state index contributed by atoms with van der Waals surface area (Å²) in [6, 6.07) is 4.29. The zero-order valence-corrected chi connectivity index (χ0v) is 11.9. The Kier molecular flexibility index (Phi) is 4.49. The van der Waals surface area contributed by atoms with Crippen molar-refractivity contribution in [2.75, 3.05) is 7.11 Å². The molecule has 112 valence electrons. The van der Waals surface area contributed by atoms with E-state index in [1.807, 2.05) is 6.92 Å². The van der Waals surface area contributed by atoms with Crippen molar-refractivity contribution in [3.8, 4) is 5.75 Å². The molecule has 0 saturated heterocycles. The molecule has 0 aliphatic carbocycles. The molecular formula is C13H17N5O3. The number of nitrogens with two attached hydrogens (primary N) is 1. The molecule has 1 unspecified atom stereocenters. The standard InChI is InChI=1S/C13H17N5O3/c1-3-11(14)12-8-17(16-15-12)7-9-6-10(18(19)20)4-5-13(9)21-2/h4-6,8,11H,3,7,14H2,1-2H3. The van der Waals surface area contributed by atoms with E-state index in [9.17, 15) is 10.1 Å². The van der Waals surface area contributed by atoms with E-state index in [4.69, 9.17) is 10.5 Å². The zero-order chi connectivity index (χ0) is 15.4. The molecule has 2 N–H and O–H groups in total. The van der Waals surface area contributed by atoms with Gasteiger partial charge in [-0.3, -0.25) is 10.1 Å². The number of rotatable bonds is 6. The number of nitro benzene ring substituents is 1. The number of ether oxygens (including phenoxy) is 1. The monoisotopic (exact) mass is 291 g/mol. The van der Waals surface area contributed by atoms with Gasteiger partial charge in [0.2, 0.25) is 0 Å². The van der Waals surface area contributed by atoms with E-state index in [1.165, 1.54) is 19.2 Å². The topological polar surface area (TPSA) is 109 Å². The maximum absolute atomic E-state index is 10.9. The summed E-state index contributed by atoms with van der Waals surface area (Å²) >= 11 is 0. The number of non-ortho nitro benzene ring substituents is 1. The minimum Gasteiger partial charge on any atom is -0.496 e. The number of hydrogen-bond acceptors (Lipinski definition) is 6. The molecule has 8 heteroatoms. The van der Waals surface area contributed by atoms with E-state index in [0.29, 0.717) is 23.6 Å². The molecule has 0 spiro atoms. The van der Waals surface area contributed by atoms with Crippen molar-refractivity contribution in [1.82, 2.24) is 15.0 Å². The van der Waals surface area contributed by atoms with Crippen LogP contribution in [0.4, 0.5) is 5.69 Å². The Hall–Kier alpha value is -2.48. The SMILES string of the molecule is CCC(N)c1cn(Cc2cc([N+](=O)[O-])ccc2OC)nn1. The first-order valence-electron chi connectivity index (χ1n) is 6.52. The third kappa shape index (κ3) is 3.34. The second-order valence-corrected chi connectivity index (χ2v) is 4.61. The molecule has 1 aromatic heterocycles. The number of methoxy groups -OCH3 is 1. The Balaban J connectivity index is 2.27. The highest BCUT2D eigenvalue weighted by molar-refractivity contribution is 5.43. The first kappa shape index (κ1) is 14.9. The van der Waals surface area contributed by atoms with E-state index in [-0.39, 0.29) is 11.7 Å². The van der Waals surface area contributed by atoms with E-state index in [0.717, 1.165) is 6.42 Å². The summed E-state index contributed by atoms with van der Waals surface area (Å²) in [4.78, 5) is 10.4. The largest absolute Gasteiger partial charge is 0.496 e. The summed E-state index contributed by atoms with van der Waals surface area (Å²) in [7, 11) is 1.52. The lowest BCUT2D eigenvalue weighted by Crippen LogP contribution is -2.08. The van der Waals surface area contributed by atoms with Crippen molar-refractivity contribution < 1.29 is 9.66 Å². The van der Waals surface area contributed by atoms with Gasteiger partial charge in [-0.05, 0) is 12.5 Å². The first-order valence-corrected chi connectivity index (χ1v) is 6.52. The summed E-state index contributed by atoms with van der Waals surface area (Å²) in [5, 5.41) is 18.9. The van der Waals surface area contributed by atoms with Crippen LogP contribution in [0.3, 0.4) is 0 Å². The molecule has 8 nitrogen and oxygen atoms in total. The fourth-order valence-electron chi connectivity index (χ4n) is 1.95. The average Bonchev–Trinajstić information content (AvgIpc) is 2.94. The number of nitro groups is 1. The van der Waals surface area contributed by atoms with Gasteiger partial charge in [0.1, 0.15) is 5.75 Å². The molecule has 0 radical (unpaired) electrons. The van der Waals surface area contributed by atoms with Gasteiger partial charge in [0, 0.05) is 17.7 Å². The van der Waals surface area contributed by atoms with Gasteiger partial charge in [0.05, 0.1) is 36.5 Å². The van der Waals surface area contributed by atoms with Crippen LogP contribution in [-0.4, -0.2) is 27.0 Å². The van der Waals surface area contributed by atoms with Crippen molar-refractivity contribution >= 4 is 5.69 Å². The molecule has 1 heterocycles. The van der Waals surface area contributed by atoms with Crippen molar-refractivity contribution in [3.63, 3.8) is 0 Å². The van der Waals surface area contributed by atoms with Crippen molar-refractivity contribution in [3.05, 3.63) is 45.8 Å². The lowest BCUT2D eigenvalue weighted by molar-refractivity contribution is -0.384. The summed E-state index contributed by atoms with van der Waals surface area (Å²) in [6.45, 7) is 2.29. The third-order valence-corrected chi connectivity index (χ3v) is 3.18. The second-order valence-electron chi connectivity index (χ2n) is 4.61. The highest BCUT2D eigenvalue weighted by atomic mass is 16.6. The van der Waals surface area contributed by atoms with Gasteiger partial charge in [-0.15, -0.1) is 5.10 Å². The maximum Gasteiger partial charge on any atom is 0.270 e. The Bertz CT molecular complexity index is 640. The lowest BCUT2D eigenvalue weighted by atomic mass is 10.1. The Morgan fingerprint density at radius 1 is 1.52 bits per heavy atom. The van der Waals surface area contributed by atoms with Crippen LogP contribution in [0, 0.1) is 10.1 Å². The smallest absolute Gasteiger partial charge is 0.270 e. The van der Waals surface area contributed by atoms with E-state index >= 15 is 0 Å². The molecule has 21 heavy (non-hydrogen) atoms. The Morgan fingerprint density at radius 3 is 2.90 bits per heavy atom. The number of benzene rings is 1. The van der Waals surface area contributed by atoms with Gasteiger partial charge in [-0.1, -0.05) is 12.1 Å². The number of nitrogens with zero attached hydrogens (tertiary/aromatic N) is 4. The Labute approximate surface area is 121 Å². The molecule has 2 aromatic rings. The molecule has 2 rings (SSSR count). The summed E-state index contributed by atoms with van der Waals surface area (Å²) < 4.78 is 6.81. The molecule has 0 fully saturated rings. The van der Waals surface area contributed by atoms with Gasteiger partial charge in [-0.25, -0.2) is 4.68 Å². The van der Waals surface area contributed by atoms with E-state index in [1.54, 1.807) is 16.9 Å². The van der Waals surface area contributed by atoms with E-state index < -0.39 is 4.92 Å². The number of aromatic nitrogens is 3. The van der Waals surface area contributed by atoms with Crippen LogP contribution >= 0.6 is 0 Å². The first-order chi connectivity index (χ1) is 10.0. The van der Waals surface area contributed by atoms with Crippen molar-refractivity contribution in [2.45, 2.75) is 25.9 Å². The molecule has 0 bridgehead atoms. The average molecular weight is 291 g/mol. The summed E-state index contributed by atoms with van der Waals surface area (Å²) in [5.41, 5.74) is 7.26. The quantitative estimate of drug-likeness (QED) is 0.640. The molecule has 0 aliphatic heterocycles. The number of hydrogen-bond donors (Lipinski definition) is 1. The second kappa shape index (κ2) is 6.31. The van der Waals surface area contributed by atoms with Crippen LogP contribution in [0.2, 0.25) is 0 Å². The predicted octanol–water partition coefficient (Wildman–Crippen LogP) is 1.65. The maximum atomic E-state index is 10.9. The van der Waals surface area contributed by atoms with Gasteiger partial charge >= 0.3 is 0 Å². The van der Waals surface area contributed by atoms with Crippen LogP contribution in [0.5, 0.6) is 5.75 Å². The van der Waals surface area contributed by atoms with Crippen molar-refractivity contribution in [1.29, 1.82) is 0 Å². The van der Waals surface area contributed by atoms with Crippen LogP contribution in [0.25, 0.3) is 0 Å². The molecule has 1 atom stereocenters. The van der Waals surface area contributed by atoms with Gasteiger partial charge in [-0.2, -0.15) is 0 Å². The molecule has 0 aliphatic rings. The molecule has 0 amide bonds. The van der Waals surface area contributed by atoms with Gasteiger partial charge in [0.25, 0.3) is 5.69 Å². The van der Waals surface area contributed by atoms with Gasteiger partial charge in [0.15, 0.2) is 0 Å². The fraction of sp³-hybridized carbons (Fsp3) is 0.385. The Morgan fingerprint density at radius 2 is 2.29 bits per heavy atom. The zero-order valence-electron chi connectivity index (χ0n) is 11.9. The highest BCUT2D eigenvalue weighted by Gasteiger charge is 2.14. The minimum absolute atomic E-state index is 0.0106. The van der Waals surface area contributed by atoms with Crippen LogP contribution in [0.15, 0.2) is 24.4 Å². The predicted molar refractivity (Wildman–Crippen MR) is 76.0 cm³/mol. The minimum atomic E-state index is -0.442. The lowest BCUT2D eigenvalue weighted by Gasteiger charge is -2.08. The molecular weight excluding hydrogens is 274 g/mol. The molecule has 0 saturated carbocycles. The van der Waals surface area contributed by atoms with E-state index in [2.05, 4.69) is 10.3 Å². The van der Waals surface area contributed by atoms with Gasteiger partial charge < -0.3 is 10.5 Å². The summed E-state index contributed by atoms with van der Waals surface area (Å²) in [6.07, 6.45) is 2.51. The van der Waals surface area contributed by atoms with Crippen LogP contribution < -0.4 is 10.5 Å². The van der Waals surface area contributed by atoms with Crippen LogP contribution in [0.1, 0.15) is 30.6 Å². The van der Waals surface area contributed by atoms with Crippen molar-refractivity contribution in [2.24, 2.45) is 5.73 Å². The van der Waals surface area contributed by atoms with Crippen LogP contribution in [-0.2, 0) is 6.54 Å². The highest BCUT2D eigenvalue weighted by Crippen LogP contribution is 2.24. The third-order valence-electron chi connectivity index (χ3n) is 3.18.